The molecule has 0 N–H and O–H groups in total. The first-order valence-electron chi connectivity index (χ1n) is 2.50. The van der Waals surface area contributed by atoms with Crippen LogP contribution in [0, 0.1) is 0 Å². The fraction of sp³-hybridized carbons (Fsp3) is 0. The minimum absolute atomic E-state index is 1.14. The number of hydrogen-bond acceptors (Lipinski definition) is 3. The quantitative estimate of drug-likeness (QED) is 0.391. The Labute approximate surface area is 66.7 Å². The van der Waals surface area contributed by atoms with Gasteiger partial charge in [0, 0.05) is 12.1 Å². The largest absolute Gasteiger partial charge is 0.657 e. The first-order chi connectivity index (χ1) is 4.79. The third kappa shape index (κ3) is 2.46. The summed E-state index contributed by atoms with van der Waals surface area (Å²) in [4.78, 5) is 0. The number of nitrogens with zero attached hydrogens (tertiary/aromatic N) is 1. The summed E-state index contributed by atoms with van der Waals surface area (Å²) in [5, 5.41) is 0. The van der Waals surface area contributed by atoms with Crippen molar-refractivity contribution in [3.8, 4) is 0 Å². The molecule has 54 valence electrons. The molecule has 0 amide bonds. The van der Waals surface area contributed by atoms with E-state index in [2.05, 4.69) is 3.17 Å². The summed E-state index contributed by atoms with van der Waals surface area (Å²) in [6, 6.07) is 5.13. The van der Waals surface area contributed by atoms with E-state index in [1.54, 1.807) is 18.2 Å². The lowest BCUT2D eigenvalue weighted by Gasteiger charge is -1.82. The molecule has 1 heterocycles. The van der Waals surface area contributed by atoms with E-state index in [1.807, 2.05) is 0 Å². The van der Waals surface area contributed by atoms with Gasteiger partial charge in [-0.15, -0.1) is 0 Å². The van der Waals surface area contributed by atoms with Crippen LogP contribution in [-0.4, -0.2) is 0 Å². The Balaban J connectivity index is 2.59. The van der Waals surface area contributed by atoms with Crippen LogP contribution in [0.25, 0.3) is 0 Å². The molecule has 4 nitrogen and oxygen atoms in total. The lowest BCUT2D eigenvalue weighted by atomic mass is 10.5. The Morgan fingerprint density at radius 2 is 1.70 bits per heavy atom. The summed E-state index contributed by atoms with van der Waals surface area (Å²) in [7, 11) is 0. The van der Waals surface area contributed by atoms with Gasteiger partial charge in [0.05, 0.1) is 7.90 Å². The lowest BCUT2D eigenvalue weighted by Crippen LogP contribution is -4.01. The number of pyridine rings is 1. The molecule has 0 bridgehead atoms. The van der Waals surface area contributed by atoms with Gasteiger partial charge < -0.3 is 6.87 Å². The van der Waals surface area contributed by atoms with Crippen molar-refractivity contribution in [3.63, 3.8) is 0 Å². The van der Waals surface area contributed by atoms with Gasteiger partial charge in [0.2, 0.25) is 12.4 Å². The Bertz CT molecular complexity index is 191. The molecule has 5 heteroatoms. The average molecular weight is 254 g/mol. The van der Waals surface area contributed by atoms with Crippen LogP contribution >= 0.6 is 0 Å². The van der Waals surface area contributed by atoms with Gasteiger partial charge in [0.1, 0.15) is 0 Å². The van der Waals surface area contributed by atoms with Crippen LogP contribution in [-0.2, 0) is 0 Å². The molecule has 0 unspecified atom stereocenters. The molecule has 0 fully saturated rings. The van der Waals surface area contributed by atoms with Crippen LogP contribution in [0.4, 0.5) is 0 Å². The number of rotatable bonds is 2. The molecular weight excluding hydrogens is 249 g/mol. The van der Waals surface area contributed by atoms with Gasteiger partial charge in [0.25, 0.3) is 0 Å². The molecule has 0 aliphatic carbocycles. The summed E-state index contributed by atoms with van der Waals surface area (Å²) in [6.07, 6.45) is 3.03. The Hall–Kier alpha value is -0.400. The van der Waals surface area contributed by atoms with Crippen LogP contribution in [0.1, 0.15) is 0 Å². The third-order valence-electron chi connectivity index (χ3n) is 0.824. The van der Waals surface area contributed by atoms with Crippen LogP contribution in [0.3, 0.4) is 0 Å². The van der Waals surface area contributed by atoms with Crippen molar-refractivity contribution in [1.29, 1.82) is 0 Å². The molecule has 0 radical (unpaired) electrons. The second-order valence-corrected chi connectivity index (χ2v) is 2.97. The predicted octanol–water partition coefficient (Wildman–Crippen LogP) is -5.51. The topological polar surface area (TPSA) is 59.2 Å². The van der Waals surface area contributed by atoms with E-state index in [0.717, 1.165) is 4.73 Å². The maximum atomic E-state index is 10.1. The van der Waals surface area contributed by atoms with E-state index < -0.39 is 21.1 Å². The summed E-state index contributed by atoms with van der Waals surface area (Å²) in [6.45, 7) is 0. The van der Waals surface area contributed by atoms with Crippen LogP contribution in [0.5, 0.6) is 0 Å². The number of aromatic nitrogens is 1. The summed E-state index contributed by atoms with van der Waals surface area (Å²) >= 11 is -3.58. The van der Waals surface area contributed by atoms with Crippen molar-refractivity contribution in [1.82, 2.24) is 0 Å². The first-order valence-corrected chi connectivity index (χ1v) is 5.14. The van der Waals surface area contributed by atoms with Crippen LogP contribution in [0.15, 0.2) is 30.6 Å². The molecule has 1 aromatic heterocycles. The van der Waals surface area contributed by atoms with Crippen LogP contribution in [0.2, 0.25) is 0 Å². The fourth-order valence-corrected chi connectivity index (χ4v) is 1.13. The summed E-state index contributed by atoms with van der Waals surface area (Å²) in [5.74, 6) is 0. The standard InChI is InChI=1S/C5H5INO3/c8-6(9)10-7-4-2-1-3-5-7/h1-5H/q+1. The van der Waals surface area contributed by atoms with Gasteiger partial charge in [-0.3, -0.25) is 0 Å². The Morgan fingerprint density at radius 1 is 1.10 bits per heavy atom. The minimum atomic E-state index is -3.58. The molecule has 1 rings (SSSR count). The van der Waals surface area contributed by atoms with Gasteiger partial charge in [-0.2, -0.15) is 0 Å². The van der Waals surface area contributed by atoms with Gasteiger partial charge in [-0.1, -0.05) is 6.07 Å². The van der Waals surface area contributed by atoms with Gasteiger partial charge in [0.15, 0.2) is 0 Å². The van der Waals surface area contributed by atoms with Crippen molar-refractivity contribution in [2.45, 2.75) is 0 Å². The molecule has 0 saturated heterocycles. The monoisotopic (exact) mass is 254 g/mol. The minimum Gasteiger partial charge on any atom is -0.380 e. The number of halogens is 1. The van der Waals surface area contributed by atoms with Gasteiger partial charge >= 0.3 is 21.1 Å². The second kappa shape index (κ2) is 3.69. The van der Waals surface area contributed by atoms with Crippen molar-refractivity contribution >= 4 is 0 Å². The summed E-state index contributed by atoms with van der Waals surface area (Å²) in [5.41, 5.74) is 0. The average Bonchev–Trinajstić information content (AvgIpc) is 1.88. The fourth-order valence-electron chi connectivity index (χ4n) is 0.494. The second-order valence-electron chi connectivity index (χ2n) is 1.49. The third-order valence-corrected chi connectivity index (χ3v) is 1.60. The highest BCUT2D eigenvalue weighted by molar-refractivity contribution is 4.82. The van der Waals surface area contributed by atoms with E-state index in [9.17, 15) is 6.87 Å². The number of hydrogen-bond donors (Lipinski definition) is 0. The van der Waals surface area contributed by atoms with Crippen LogP contribution < -0.4 is 35.8 Å². The molecule has 10 heavy (non-hydrogen) atoms. The van der Waals surface area contributed by atoms with E-state index in [1.165, 1.54) is 12.4 Å². The highest BCUT2D eigenvalue weighted by Crippen LogP contribution is 1.71. The van der Waals surface area contributed by atoms with E-state index in [4.69, 9.17) is 0 Å². The first kappa shape index (κ1) is 7.70. The zero-order chi connectivity index (χ0) is 7.40. The SMILES string of the molecule is [O-][I+2]([O-])O[n+]1ccccc1. The lowest BCUT2D eigenvalue weighted by molar-refractivity contribution is -1.67. The molecule has 0 atom stereocenters. The predicted molar refractivity (Wildman–Crippen MR) is 23.2 cm³/mol. The molecule has 0 saturated carbocycles. The Kier molecular flexibility index (Phi) is 2.84. The van der Waals surface area contributed by atoms with Crippen molar-refractivity contribution < 1.29 is 35.8 Å². The zero-order valence-electron chi connectivity index (χ0n) is 4.94. The molecule has 0 aliphatic heterocycles. The van der Waals surface area contributed by atoms with Gasteiger partial charge in [-0.25, -0.2) is 0 Å². The van der Waals surface area contributed by atoms with E-state index in [-0.39, 0.29) is 0 Å². The molecular formula is C5H5INO3+. The molecule has 0 aromatic carbocycles. The molecule has 0 aliphatic rings. The Morgan fingerprint density at radius 3 is 2.20 bits per heavy atom. The van der Waals surface area contributed by atoms with Crippen molar-refractivity contribution in [3.05, 3.63) is 30.6 Å². The molecule has 1 aromatic rings. The van der Waals surface area contributed by atoms with Gasteiger partial charge in [-0.05, 0) is 0 Å². The van der Waals surface area contributed by atoms with E-state index in [0.29, 0.717) is 0 Å². The van der Waals surface area contributed by atoms with Crippen molar-refractivity contribution in [2.24, 2.45) is 0 Å². The molecule has 0 spiro atoms. The maximum Gasteiger partial charge on any atom is 0.657 e. The zero-order valence-corrected chi connectivity index (χ0v) is 7.09. The normalized spacial score (nSPS) is 9.90. The smallest absolute Gasteiger partial charge is 0.380 e. The van der Waals surface area contributed by atoms with E-state index >= 15 is 0 Å². The maximum absolute atomic E-state index is 10.1. The highest BCUT2D eigenvalue weighted by atomic mass is 127. The van der Waals surface area contributed by atoms with Crippen molar-refractivity contribution in [2.75, 3.05) is 0 Å². The summed E-state index contributed by atoms with van der Waals surface area (Å²) < 4.78 is 25.6. The highest BCUT2D eigenvalue weighted by Gasteiger charge is 2.20.